The van der Waals surface area contributed by atoms with Crippen molar-refractivity contribution >= 4 is 28.5 Å². The number of aromatic amines is 1. The van der Waals surface area contributed by atoms with Crippen LogP contribution in [0, 0.1) is 0 Å². The maximum absolute atomic E-state index is 12.4. The summed E-state index contributed by atoms with van der Waals surface area (Å²) in [7, 11) is 0. The highest BCUT2D eigenvalue weighted by Gasteiger charge is 2.23. The van der Waals surface area contributed by atoms with Crippen LogP contribution in [0.3, 0.4) is 0 Å². The van der Waals surface area contributed by atoms with E-state index in [0.29, 0.717) is 18.0 Å². The van der Waals surface area contributed by atoms with Crippen molar-refractivity contribution in [3.8, 4) is 0 Å². The highest BCUT2D eigenvalue weighted by Crippen LogP contribution is 2.24. The van der Waals surface area contributed by atoms with Crippen LogP contribution in [0.25, 0.3) is 11.0 Å². The molecule has 1 aliphatic heterocycles. The number of piperidine rings is 1. The second-order valence-electron chi connectivity index (χ2n) is 7.54. The van der Waals surface area contributed by atoms with Gasteiger partial charge >= 0.3 is 5.69 Å². The Hall–Kier alpha value is -2.57. The molecule has 1 aliphatic rings. The Morgan fingerprint density at radius 2 is 1.83 bits per heavy atom. The van der Waals surface area contributed by atoms with E-state index in [2.05, 4.69) is 15.2 Å². The first kappa shape index (κ1) is 19.7. The van der Waals surface area contributed by atoms with Gasteiger partial charge in [0.1, 0.15) is 0 Å². The molecular weight excluding hydrogens is 388 g/mol. The number of benzene rings is 2. The fourth-order valence-corrected chi connectivity index (χ4v) is 4.11. The maximum atomic E-state index is 12.4. The van der Waals surface area contributed by atoms with E-state index in [4.69, 9.17) is 11.6 Å². The van der Waals surface area contributed by atoms with E-state index in [1.165, 1.54) is 0 Å². The van der Waals surface area contributed by atoms with Gasteiger partial charge in [-0.1, -0.05) is 35.9 Å². The summed E-state index contributed by atoms with van der Waals surface area (Å²) in [6.45, 7) is 3.03. The molecule has 0 bridgehead atoms. The van der Waals surface area contributed by atoms with Crippen LogP contribution in [0.4, 0.5) is 0 Å². The van der Waals surface area contributed by atoms with Crippen molar-refractivity contribution in [1.82, 2.24) is 19.8 Å². The van der Waals surface area contributed by atoms with Gasteiger partial charge in [-0.3, -0.25) is 9.36 Å². The summed E-state index contributed by atoms with van der Waals surface area (Å²) in [5.41, 5.74) is 2.86. The lowest BCUT2D eigenvalue weighted by molar-refractivity contribution is -0.121. The van der Waals surface area contributed by atoms with E-state index >= 15 is 0 Å². The minimum atomic E-state index is -0.0359. The summed E-state index contributed by atoms with van der Waals surface area (Å²) in [5.74, 6) is 0.0509. The van der Waals surface area contributed by atoms with Gasteiger partial charge in [-0.2, -0.15) is 0 Å². The standard InChI is InChI=1S/C22H25ClN4O2/c23-17-7-5-16(6-8-17)15-24-21(28)11-14-26-12-9-18(10-13-26)27-20-4-2-1-3-19(20)25-22(27)29/h1-8,18H,9-15H2,(H,24,28)(H,25,29). The number of likely N-dealkylation sites (tertiary alicyclic amines) is 1. The first-order chi connectivity index (χ1) is 14.1. The molecule has 152 valence electrons. The van der Waals surface area contributed by atoms with E-state index in [9.17, 15) is 9.59 Å². The van der Waals surface area contributed by atoms with E-state index < -0.39 is 0 Å². The number of carbonyl (C=O) groups excluding carboxylic acids is 1. The number of halogens is 1. The summed E-state index contributed by atoms with van der Waals surface area (Å²) in [5, 5.41) is 3.65. The van der Waals surface area contributed by atoms with Gasteiger partial charge < -0.3 is 15.2 Å². The number of imidazole rings is 1. The van der Waals surface area contributed by atoms with Crippen LogP contribution in [0.1, 0.15) is 30.9 Å². The minimum absolute atomic E-state index is 0.0359. The normalized spacial score (nSPS) is 15.6. The SMILES string of the molecule is O=C(CCN1CCC(n2c(=O)[nH]c3ccccc32)CC1)NCc1ccc(Cl)cc1. The third-order valence-corrected chi connectivity index (χ3v) is 5.86. The minimum Gasteiger partial charge on any atom is -0.352 e. The predicted octanol–water partition coefficient (Wildman–Crippen LogP) is 3.33. The van der Waals surface area contributed by atoms with Crippen molar-refractivity contribution in [2.75, 3.05) is 19.6 Å². The number of nitrogens with zero attached hydrogens (tertiary/aromatic N) is 2. The number of para-hydroxylation sites is 2. The quantitative estimate of drug-likeness (QED) is 0.652. The highest BCUT2D eigenvalue weighted by molar-refractivity contribution is 6.30. The molecule has 4 rings (SSSR count). The van der Waals surface area contributed by atoms with E-state index in [1.807, 2.05) is 53.1 Å². The Morgan fingerprint density at radius 3 is 2.59 bits per heavy atom. The third-order valence-electron chi connectivity index (χ3n) is 5.60. The smallest absolute Gasteiger partial charge is 0.326 e. The summed E-state index contributed by atoms with van der Waals surface area (Å²) in [6.07, 6.45) is 2.30. The molecule has 2 heterocycles. The number of H-pyrrole nitrogens is 1. The molecule has 0 aliphatic carbocycles. The maximum Gasteiger partial charge on any atom is 0.326 e. The van der Waals surface area contributed by atoms with Crippen molar-refractivity contribution in [2.24, 2.45) is 0 Å². The number of amides is 1. The Kier molecular flexibility index (Phi) is 6.02. The summed E-state index contributed by atoms with van der Waals surface area (Å²) in [4.78, 5) is 29.8. The summed E-state index contributed by atoms with van der Waals surface area (Å²) >= 11 is 5.88. The number of nitrogens with one attached hydrogen (secondary N) is 2. The van der Waals surface area contributed by atoms with Gasteiger partial charge in [-0.25, -0.2) is 4.79 Å². The lowest BCUT2D eigenvalue weighted by Crippen LogP contribution is -2.38. The Labute approximate surface area is 174 Å². The zero-order valence-corrected chi connectivity index (χ0v) is 17.0. The predicted molar refractivity (Wildman–Crippen MR) is 115 cm³/mol. The molecule has 3 aromatic rings. The molecule has 1 aromatic heterocycles. The van der Waals surface area contributed by atoms with Crippen LogP contribution in [0.5, 0.6) is 0 Å². The second-order valence-corrected chi connectivity index (χ2v) is 7.98. The third kappa shape index (κ3) is 4.71. The Balaban J connectivity index is 1.24. The van der Waals surface area contributed by atoms with Crippen molar-refractivity contribution in [2.45, 2.75) is 31.8 Å². The van der Waals surface area contributed by atoms with Gasteiger partial charge in [-0.15, -0.1) is 0 Å². The van der Waals surface area contributed by atoms with Gasteiger partial charge in [0.25, 0.3) is 0 Å². The molecule has 0 unspecified atom stereocenters. The largest absolute Gasteiger partial charge is 0.352 e. The van der Waals surface area contributed by atoms with Crippen molar-refractivity contribution in [3.63, 3.8) is 0 Å². The van der Waals surface area contributed by atoms with Crippen LogP contribution < -0.4 is 11.0 Å². The van der Waals surface area contributed by atoms with Gasteiger partial charge in [0.05, 0.1) is 11.0 Å². The second kappa shape index (κ2) is 8.84. The van der Waals surface area contributed by atoms with Gasteiger partial charge in [-0.05, 0) is 42.7 Å². The zero-order valence-electron chi connectivity index (χ0n) is 16.2. The molecule has 29 heavy (non-hydrogen) atoms. The lowest BCUT2D eigenvalue weighted by Gasteiger charge is -2.32. The van der Waals surface area contributed by atoms with Gasteiger partial charge in [0.15, 0.2) is 0 Å². The molecule has 0 saturated carbocycles. The van der Waals surface area contributed by atoms with Gasteiger partial charge in [0, 0.05) is 43.7 Å². The number of aromatic nitrogens is 2. The van der Waals surface area contributed by atoms with E-state index in [-0.39, 0.29) is 17.6 Å². The number of rotatable bonds is 6. The fourth-order valence-electron chi connectivity index (χ4n) is 3.99. The molecule has 0 radical (unpaired) electrons. The summed E-state index contributed by atoms with van der Waals surface area (Å²) in [6, 6.07) is 15.5. The Morgan fingerprint density at radius 1 is 1.10 bits per heavy atom. The fraction of sp³-hybridized carbons (Fsp3) is 0.364. The van der Waals surface area contributed by atoms with Crippen LogP contribution in [0.15, 0.2) is 53.3 Å². The van der Waals surface area contributed by atoms with Crippen LogP contribution >= 0.6 is 11.6 Å². The zero-order chi connectivity index (χ0) is 20.2. The first-order valence-electron chi connectivity index (χ1n) is 10.0. The van der Waals surface area contributed by atoms with Crippen molar-refractivity contribution in [3.05, 3.63) is 69.6 Å². The number of carbonyl (C=O) groups is 1. The number of fused-ring (bicyclic) bond motifs is 1. The first-order valence-corrected chi connectivity index (χ1v) is 10.4. The molecule has 2 aromatic carbocycles. The van der Waals surface area contributed by atoms with Crippen LogP contribution in [0.2, 0.25) is 5.02 Å². The summed E-state index contributed by atoms with van der Waals surface area (Å²) < 4.78 is 1.89. The van der Waals surface area contributed by atoms with Crippen molar-refractivity contribution < 1.29 is 4.79 Å². The van der Waals surface area contributed by atoms with Crippen molar-refractivity contribution in [1.29, 1.82) is 0 Å². The van der Waals surface area contributed by atoms with Crippen LogP contribution in [-0.2, 0) is 11.3 Å². The molecule has 6 nitrogen and oxygen atoms in total. The molecule has 2 N–H and O–H groups in total. The molecule has 0 spiro atoms. The average molecular weight is 413 g/mol. The molecule has 0 atom stereocenters. The van der Waals surface area contributed by atoms with E-state index in [1.54, 1.807) is 0 Å². The van der Waals surface area contributed by atoms with Crippen LogP contribution in [-0.4, -0.2) is 40.0 Å². The lowest BCUT2D eigenvalue weighted by atomic mass is 10.0. The highest BCUT2D eigenvalue weighted by atomic mass is 35.5. The average Bonchev–Trinajstić information content (AvgIpc) is 3.08. The molecule has 1 amide bonds. The number of hydrogen-bond donors (Lipinski definition) is 2. The van der Waals surface area contributed by atoms with Gasteiger partial charge in [0.2, 0.25) is 5.91 Å². The molecule has 1 fully saturated rings. The molecular formula is C22H25ClN4O2. The molecule has 1 saturated heterocycles. The molecule has 7 heteroatoms. The number of hydrogen-bond acceptors (Lipinski definition) is 3. The topological polar surface area (TPSA) is 70.1 Å². The van der Waals surface area contributed by atoms with E-state index in [0.717, 1.165) is 49.1 Å². The Bertz CT molecular complexity index is 1030. The monoisotopic (exact) mass is 412 g/mol.